The van der Waals surface area contributed by atoms with E-state index in [-0.39, 0.29) is 24.2 Å². The van der Waals surface area contributed by atoms with Crippen LogP contribution in [0.1, 0.15) is 45.6 Å². The summed E-state index contributed by atoms with van der Waals surface area (Å²) in [5, 5.41) is 3.39. The van der Waals surface area contributed by atoms with Crippen LogP contribution in [-0.4, -0.2) is 24.7 Å². The topological polar surface area (TPSA) is 56.8 Å². The molecule has 0 bridgehead atoms. The van der Waals surface area contributed by atoms with Crippen LogP contribution >= 0.6 is 0 Å². The van der Waals surface area contributed by atoms with Crippen LogP contribution in [0.5, 0.6) is 5.75 Å². The first-order valence-electron chi connectivity index (χ1n) is 9.84. The van der Waals surface area contributed by atoms with Crippen molar-refractivity contribution in [3.63, 3.8) is 0 Å². The standard InChI is InChI=1S/C22H29NO4/c1-22(2,3)27-20-17-11-16(17)18(14-7-8-14)19(23-20)21(24)26-12-13-5-9-15(25-4)10-6-13/h5-6,9-10,14,16,18-19,23H,7-8,11-12H2,1-4H3/t16?,18?,19-/m0/s1. The molecule has 1 N–H and O–H groups in total. The van der Waals surface area contributed by atoms with Crippen LogP contribution in [0, 0.1) is 17.8 Å². The maximum Gasteiger partial charge on any atom is 0.329 e. The summed E-state index contributed by atoms with van der Waals surface area (Å²) in [6.07, 6.45) is 3.48. The zero-order valence-electron chi connectivity index (χ0n) is 16.6. The van der Waals surface area contributed by atoms with E-state index in [0.29, 0.717) is 17.8 Å². The van der Waals surface area contributed by atoms with E-state index in [4.69, 9.17) is 14.2 Å². The third-order valence-corrected chi connectivity index (χ3v) is 5.52. The van der Waals surface area contributed by atoms with Crippen LogP contribution in [0.2, 0.25) is 0 Å². The molecule has 3 aliphatic rings. The number of hydrogen-bond acceptors (Lipinski definition) is 5. The Kier molecular flexibility index (Phi) is 4.57. The molecule has 146 valence electrons. The van der Waals surface area contributed by atoms with Crippen LogP contribution in [0.25, 0.3) is 0 Å². The average Bonchev–Trinajstić information content (AvgIpc) is 3.52. The highest BCUT2D eigenvalue weighted by molar-refractivity contribution is 5.77. The number of ether oxygens (including phenoxy) is 3. The predicted molar refractivity (Wildman–Crippen MR) is 102 cm³/mol. The number of nitrogens with one attached hydrogen (secondary N) is 1. The Morgan fingerprint density at radius 1 is 1.19 bits per heavy atom. The molecule has 4 rings (SSSR count). The third-order valence-electron chi connectivity index (χ3n) is 5.52. The molecule has 5 heteroatoms. The monoisotopic (exact) mass is 371 g/mol. The van der Waals surface area contributed by atoms with Crippen molar-refractivity contribution in [2.75, 3.05) is 7.11 Å². The van der Waals surface area contributed by atoms with E-state index in [9.17, 15) is 4.79 Å². The lowest BCUT2D eigenvalue weighted by Gasteiger charge is -2.34. The molecular formula is C22H29NO4. The highest BCUT2D eigenvalue weighted by atomic mass is 16.5. The molecule has 0 saturated heterocycles. The Labute approximate surface area is 161 Å². The molecule has 0 amide bonds. The van der Waals surface area contributed by atoms with Crippen molar-refractivity contribution in [2.45, 2.75) is 58.3 Å². The Morgan fingerprint density at radius 2 is 1.89 bits per heavy atom. The molecule has 0 aromatic heterocycles. The SMILES string of the molecule is COc1ccc(COC(=O)[C@H]2NC(OC(C)(C)C)=C3CC3C2C2CC2)cc1. The van der Waals surface area contributed by atoms with Crippen molar-refractivity contribution in [1.29, 1.82) is 0 Å². The van der Waals surface area contributed by atoms with Gasteiger partial charge in [0.2, 0.25) is 0 Å². The second-order valence-corrected chi connectivity index (χ2v) is 8.87. The van der Waals surface area contributed by atoms with Crippen LogP contribution < -0.4 is 10.1 Å². The lowest BCUT2D eigenvalue weighted by molar-refractivity contribution is -0.150. The maximum atomic E-state index is 12.9. The molecule has 1 aromatic carbocycles. The van der Waals surface area contributed by atoms with E-state index in [2.05, 4.69) is 5.32 Å². The highest BCUT2D eigenvalue weighted by Gasteiger charge is 2.56. The summed E-state index contributed by atoms with van der Waals surface area (Å²) in [7, 11) is 1.64. The fourth-order valence-corrected chi connectivity index (χ4v) is 4.04. The van der Waals surface area contributed by atoms with Crippen molar-refractivity contribution in [1.82, 2.24) is 5.32 Å². The van der Waals surface area contributed by atoms with Gasteiger partial charge in [-0.25, -0.2) is 4.79 Å². The molecule has 3 atom stereocenters. The molecule has 2 fully saturated rings. The summed E-state index contributed by atoms with van der Waals surface area (Å²) in [4.78, 5) is 12.9. The van der Waals surface area contributed by atoms with Gasteiger partial charge in [0, 0.05) is 0 Å². The number of fused-ring (bicyclic) bond motifs is 1. The Balaban J connectivity index is 1.44. The Morgan fingerprint density at radius 3 is 2.48 bits per heavy atom. The number of hydrogen-bond donors (Lipinski definition) is 1. The van der Waals surface area contributed by atoms with Gasteiger partial charge in [-0.2, -0.15) is 0 Å². The first kappa shape index (κ1) is 18.2. The molecule has 1 aliphatic heterocycles. The number of carbonyl (C=O) groups is 1. The molecule has 0 radical (unpaired) electrons. The molecule has 1 heterocycles. The summed E-state index contributed by atoms with van der Waals surface area (Å²) < 4.78 is 16.9. The average molecular weight is 371 g/mol. The number of allylic oxidation sites excluding steroid dienone is 1. The van der Waals surface area contributed by atoms with Gasteiger partial charge in [0.1, 0.15) is 24.0 Å². The largest absolute Gasteiger partial charge is 0.497 e. The van der Waals surface area contributed by atoms with E-state index < -0.39 is 0 Å². The summed E-state index contributed by atoms with van der Waals surface area (Å²) in [6, 6.07) is 7.29. The van der Waals surface area contributed by atoms with Gasteiger partial charge in [-0.05, 0) is 81.1 Å². The Bertz CT molecular complexity index is 743. The van der Waals surface area contributed by atoms with E-state index in [1.165, 1.54) is 18.4 Å². The highest BCUT2D eigenvalue weighted by Crippen LogP contribution is 2.57. The normalized spacial score (nSPS) is 26.7. The van der Waals surface area contributed by atoms with Gasteiger partial charge in [-0.3, -0.25) is 0 Å². The minimum absolute atomic E-state index is 0.177. The second kappa shape index (κ2) is 6.77. The Hall–Kier alpha value is -2.17. The van der Waals surface area contributed by atoms with Crippen molar-refractivity contribution >= 4 is 5.97 Å². The molecule has 0 spiro atoms. The summed E-state index contributed by atoms with van der Waals surface area (Å²) >= 11 is 0. The van der Waals surface area contributed by atoms with Crippen molar-refractivity contribution in [3.8, 4) is 5.75 Å². The van der Waals surface area contributed by atoms with Crippen LogP contribution in [0.15, 0.2) is 35.7 Å². The van der Waals surface area contributed by atoms with E-state index in [1.54, 1.807) is 7.11 Å². The van der Waals surface area contributed by atoms with Crippen LogP contribution in [0.3, 0.4) is 0 Å². The van der Waals surface area contributed by atoms with Crippen molar-refractivity contribution in [2.24, 2.45) is 17.8 Å². The van der Waals surface area contributed by atoms with E-state index in [1.807, 2.05) is 45.0 Å². The summed E-state index contributed by atoms with van der Waals surface area (Å²) in [5.41, 5.74) is 2.02. The molecule has 2 aliphatic carbocycles. The van der Waals surface area contributed by atoms with Gasteiger partial charge in [0.25, 0.3) is 0 Å². The zero-order valence-corrected chi connectivity index (χ0v) is 16.6. The van der Waals surface area contributed by atoms with E-state index in [0.717, 1.165) is 23.6 Å². The fourth-order valence-electron chi connectivity index (χ4n) is 4.04. The lowest BCUT2D eigenvalue weighted by atomic mass is 9.87. The second-order valence-electron chi connectivity index (χ2n) is 8.87. The van der Waals surface area contributed by atoms with Gasteiger partial charge < -0.3 is 19.5 Å². The molecule has 5 nitrogen and oxygen atoms in total. The number of esters is 1. The van der Waals surface area contributed by atoms with Gasteiger partial charge in [0.15, 0.2) is 5.88 Å². The van der Waals surface area contributed by atoms with Crippen LogP contribution in [-0.2, 0) is 20.9 Å². The van der Waals surface area contributed by atoms with Crippen LogP contribution in [0.4, 0.5) is 0 Å². The van der Waals surface area contributed by atoms with Gasteiger partial charge in [-0.15, -0.1) is 0 Å². The maximum absolute atomic E-state index is 12.9. The molecule has 27 heavy (non-hydrogen) atoms. The third kappa shape index (κ3) is 4.07. The molecular weight excluding hydrogens is 342 g/mol. The minimum Gasteiger partial charge on any atom is -0.497 e. The van der Waals surface area contributed by atoms with Crippen molar-refractivity contribution < 1.29 is 19.0 Å². The number of methoxy groups -OCH3 is 1. The quantitative estimate of drug-likeness (QED) is 0.771. The van der Waals surface area contributed by atoms with Crippen molar-refractivity contribution in [3.05, 3.63) is 41.3 Å². The van der Waals surface area contributed by atoms with Gasteiger partial charge >= 0.3 is 5.97 Å². The van der Waals surface area contributed by atoms with Gasteiger partial charge in [0.05, 0.1) is 7.11 Å². The minimum atomic E-state index is -0.315. The first-order chi connectivity index (χ1) is 12.9. The fraction of sp³-hybridized carbons (Fsp3) is 0.591. The summed E-state index contributed by atoms with van der Waals surface area (Å²) in [5.74, 6) is 2.88. The first-order valence-corrected chi connectivity index (χ1v) is 9.84. The molecule has 2 saturated carbocycles. The smallest absolute Gasteiger partial charge is 0.329 e. The number of benzene rings is 1. The number of carbonyl (C=O) groups excluding carboxylic acids is 1. The predicted octanol–water partition coefficient (Wildman–Crippen LogP) is 3.78. The van der Waals surface area contributed by atoms with E-state index >= 15 is 0 Å². The van der Waals surface area contributed by atoms with Gasteiger partial charge in [-0.1, -0.05) is 12.1 Å². The zero-order chi connectivity index (χ0) is 19.2. The molecule has 2 unspecified atom stereocenters. The number of rotatable bonds is 6. The lowest BCUT2D eigenvalue weighted by Crippen LogP contribution is -2.48. The molecule has 1 aromatic rings. The summed E-state index contributed by atoms with van der Waals surface area (Å²) in [6.45, 7) is 6.37.